The van der Waals surface area contributed by atoms with Crippen LogP contribution in [0, 0.1) is 17.8 Å². The molecule has 3 rings (SSSR count). The Morgan fingerprint density at radius 3 is 2.21 bits per heavy atom. The van der Waals surface area contributed by atoms with E-state index in [0.29, 0.717) is 11.8 Å². The van der Waals surface area contributed by atoms with E-state index in [1.165, 1.54) is 0 Å². The minimum atomic E-state index is 0. The quantitative estimate of drug-likeness (QED) is 0.692. The van der Waals surface area contributed by atoms with Gasteiger partial charge in [-0.3, -0.25) is 4.79 Å². The summed E-state index contributed by atoms with van der Waals surface area (Å²) >= 11 is 0. The fourth-order valence-electron chi connectivity index (χ4n) is 2.62. The van der Waals surface area contributed by atoms with Crippen molar-refractivity contribution in [3.63, 3.8) is 0 Å². The molecular weight excluding hydrogens is 200 g/mol. The molecule has 0 aromatic carbocycles. The topological polar surface area (TPSA) is 32.3 Å². The van der Waals surface area contributed by atoms with Crippen molar-refractivity contribution < 1.29 is 4.79 Å². The molecule has 1 amide bonds. The molecule has 2 atom stereocenters. The molecule has 0 unspecified atom stereocenters. The van der Waals surface area contributed by atoms with Crippen LogP contribution in [-0.4, -0.2) is 37.0 Å². The predicted octanol–water partition coefficient (Wildman–Crippen LogP) is 0.496. The van der Waals surface area contributed by atoms with Crippen molar-refractivity contribution in [1.29, 1.82) is 0 Å². The average molecular weight is 217 g/mol. The number of amides is 1. The highest BCUT2D eigenvalue weighted by Crippen LogP contribution is 2.34. The van der Waals surface area contributed by atoms with E-state index in [2.05, 4.69) is 10.2 Å². The first-order valence-electron chi connectivity index (χ1n) is 5.34. The number of carbonyl (C=O) groups is 1. The van der Waals surface area contributed by atoms with Gasteiger partial charge in [0.25, 0.3) is 0 Å². The highest BCUT2D eigenvalue weighted by atomic mass is 35.5. The Bertz CT molecular complexity index is 230. The van der Waals surface area contributed by atoms with Gasteiger partial charge in [-0.1, -0.05) is 0 Å². The number of fused-ring (bicyclic) bond motifs is 1. The molecule has 2 aliphatic heterocycles. The molecular formula is C10H17ClN2O. The number of carbonyl (C=O) groups excluding carboxylic acids is 1. The minimum Gasteiger partial charge on any atom is -0.342 e. The third-order valence-corrected chi connectivity index (χ3v) is 3.63. The van der Waals surface area contributed by atoms with Crippen LogP contribution >= 0.6 is 12.4 Å². The Hall–Kier alpha value is -0.280. The smallest absolute Gasteiger partial charge is 0.225 e. The van der Waals surface area contributed by atoms with Crippen molar-refractivity contribution in [3.05, 3.63) is 0 Å². The highest BCUT2D eigenvalue weighted by molar-refractivity contribution is 5.85. The lowest BCUT2D eigenvalue weighted by Gasteiger charge is -2.16. The molecule has 4 heteroatoms. The number of halogens is 1. The van der Waals surface area contributed by atoms with Crippen molar-refractivity contribution in [2.75, 3.05) is 26.2 Å². The van der Waals surface area contributed by atoms with Crippen LogP contribution in [-0.2, 0) is 4.79 Å². The molecule has 3 fully saturated rings. The van der Waals surface area contributed by atoms with Gasteiger partial charge >= 0.3 is 0 Å². The van der Waals surface area contributed by atoms with Gasteiger partial charge in [-0.25, -0.2) is 0 Å². The molecule has 1 saturated carbocycles. The maximum absolute atomic E-state index is 11.7. The summed E-state index contributed by atoms with van der Waals surface area (Å²) in [4.78, 5) is 13.8. The van der Waals surface area contributed by atoms with E-state index >= 15 is 0 Å². The molecule has 0 spiro atoms. The molecule has 0 radical (unpaired) electrons. The number of nitrogens with zero attached hydrogens (tertiary/aromatic N) is 1. The van der Waals surface area contributed by atoms with E-state index in [4.69, 9.17) is 0 Å². The second-order valence-corrected chi connectivity index (χ2v) is 4.70. The van der Waals surface area contributed by atoms with Gasteiger partial charge in [-0.2, -0.15) is 0 Å². The van der Waals surface area contributed by atoms with Crippen molar-refractivity contribution in [2.24, 2.45) is 17.8 Å². The lowest BCUT2D eigenvalue weighted by Crippen LogP contribution is -2.32. The van der Waals surface area contributed by atoms with E-state index < -0.39 is 0 Å². The zero-order valence-electron chi connectivity index (χ0n) is 8.24. The van der Waals surface area contributed by atoms with Crippen LogP contribution in [0.4, 0.5) is 0 Å². The second-order valence-electron chi connectivity index (χ2n) is 4.70. The summed E-state index contributed by atoms with van der Waals surface area (Å²) in [5.41, 5.74) is 0. The second kappa shape index (κ2) is 3.70. The summed E-state index contributed by atoms with van der Waals surface area (Å²) in [6.07, 6.45) is 2.28. The first-order chi connectivity index (χ1) is 6.34. The number of hydrogen-bond donors (Lipinski definition) is 1. The Kier molecular flexibility index (Phi) is 2.71. The van der Waals surface area contributed by atoms with Gasteiger partial charge in [-0.05, 0) is 24.7 Å². The van der Waals surface area contributed by atoms with Crippen LogP contribution in [0.15, 0.2) is 0 Å². The Morgan fingerprint density at radius 2 is 1.71 bits per heavy atom. The molecule has 3 nitrogen and oxygen atoms in total. The van der Waals surface area contributed by atoms with Gasteiger partial charge in [0.15, 0.2) is 0 Å². The number of likely N-dealkylation sites (tertiary alicyclic amines) is 1. The number of nitrogens with one attached hydrogen (secondary N) is 1. The van der Waals surface area contributed by atoms with E-state index in [9.17, 15) is 4.79 Å². The van der Waals surface area contributed by atoms with E-state index in [1.807, 2.05) is 0 Å². The van der Waals surface area contributed by atoms with Crippen molar-refractivity contribution >= 4 is 18.3 Å². The third-order valence-electron chi connectivity index (χ3n) is 3.63. The predicted molar refractivity (Wildman–Crippen MR) is 56.4 cm³/mol. The lowest BCUT2D eigenvalue weighted by molar-refractivity contribution is -0.131. The van der Waals surface area contributed by atoms with Crippen molar-refractivity contribution in [2.45, 2.75) is 12.8 Å². The molecule has 14 heavy (non-hydrogen) atoms. The summed E-state index contributed by atoms with van der Waals surface area (Å²) in [6, 6.07) is 0. The van der Waals surface area contributed by atoms with Crippen LogP contribution in [0.3, 0.4) is 0 Å². The van der Waals surface area contributed by atoms with Gasteiger partial charge < -0.3 is 10.2 Å². The van der Waals surface area contributed by atoms with E-state index in [1.54, 1.807) is 0 Å². The highest BCUT2D eigenvalue weighted by Gasteiger charge is 2.42. The number of rotatable bonds is 1. The number of hydrogen-bond acceptors (Lipinski definition) is 2. The first kappa shape index (κ1) is 10.2. The van der Waals surface area contributed by atoms with Crippen molar-refractivity contribution in [3.8, 4) is 0 Å². The Balaban J connectivity index is 0.000000750. The van der Waals surface area contributed by atoms with Gasteiger partial charge in [0.05, 0.1) is 0 Å². The molecule has 1 aliphatic carbocycles. The monoisotopic (exact) mass is 216 g/mol. The van der Waals surface area contributed by atoms with Gasteiger partial charge in [0.1, 0.15) is 0 Å². The largest absolute Gasteiger partial charge is 0.342 e. The molecule has 0 aromatic heterocycles. The van der Waals surface area contributed by atoms with E-state index in [-0.39, 0.29) is 12.4 Å². The molecule has 0 aromatic rings. The summed E-state index contributed by atoms with van der Waals surface area (Å²) in [7, 11) is 0. The van der Waals surface area contributed by atoms with Gasteiger partial charge in [0, 0.05) is 32.1 Å². The molecule has 2 heterocycles. The molecule has 0 bridgehead atoms. The van der Waals surface area contributed by atoms with Crippen LogP contribution in [0.25, 0.3) is 0 Å². The average Bonchev–Trinajstić information content (AvgIpc) is 2.73. The fraction of sp³-hybridized carbons (Fsp3) is 0.900. The Morgan fingerprint density at radius 1 is 1.14 bits per heavy atom. The normalized spacial score (nSPS) is 35.3. The Labute approximate surface area is 90.6 Å². The van der Waals surface area contributed by atoms with Crippen LogP contribution in [0.2, 0.25) is 0 Å². The van der Waals surface area contributed by atoms with Crippen LogP contribution in [0.5, 0.6) is 0 Å². The maximum Gasteiger partial charge on any atom is 0.225 e. The SMILES string of the molecule is Cl.O=C(C1CC1)N1C[C@H]2CNC[C@H]2C1. The molecule has 1 N–H and O–H groups in total. The van der Waals surface area contributed by atoms with Gasteiger partial charge in [-0.15, -0.1) is 12.4 Å². The minimum absolute atomic E-state index is 0. The van der Waals surface area contributed by atoms with Crippen LogP contribution < -0.4 is 5.32 Å². The maximum atomic E-state index is 11.7. The van der Waals surface area contributed by atoms with Gasteiger partial charge in [0.2, 0.25) is 5.91 Å². The molecule has 3 aliphatic rings. The van der Waals surface area contributed by atoms with Crippen molar-refractivity contribution in [1.82, 2.24) is 10.2 Å². The zero-order valence-corrected chi connectivity index (χ0v) is 9.05. The summed E-state index contributed by atoms with van der Waals surface area (Å²) in [5, 5.41) is 3.39. The first-order valence-corrected chi connectivity index (χ1v) is 5.34. The lowest BCUT2D eigenvalue weighted by atomic mass is 10.0. The summed E-state index contributed by atoms with van der Waals surface area (Å²) in [5.74, 6) is 2.35. The zero-order chi connectivity index (χ0) is 8.84. The summed E-state index contributed by atoms with van der Waals surface area (Å²) < 4.78 is 0. The molecule has 2 saturated heterocycles. The fourth-order valence-corrected chi connectivity index (χ4v) is 2.62. The molecule has 80 valence electrons. The summed E-state index contributed by atoms with van der Waals surface area (Å²) in [6.45, 7) is 4.29. The van der Waals surface area contributed by atoms with Crippen LogP contribution in [0.1, 0.15) is 12.8 Å². The third kappa shape index (κ3) is 1.63. The van der Waals surface area contributed by atoms with E-state index in [0.717, 1.165) is 50.9 Å². The standard InChI is InChI=1S/C10H16N2O.ClH/c13-10(7-1-2-7)12-5-8-3-11-4-9(8)6-12;/h7-9,11H,1-6H2;1H/t8-,9+;.